The predicted octanol–water partition coefficient (Wildman–Crippen LogP) is 7.64. The number of piperazine rings is 1. The highest BCUT2D eigenvalue weighted by Gasteiger charge is 2.50. The van der Waals surface area contributed by atoms with Crippen LogP contribution in [0.5, 0.6) is 11.5 Å². The molecule has 0 spiro atoms. The number of primary amides is 1. The van der Waals surface area contributed by atoms with Gasteiger partial charge in [-0.25, -0.2) is 4.98 Å². The fourth-order valence-electron chi connectivity index (χ4n) is 9.02. The Labute approximate surface area is 384 Å². The number of anilines is 1. The summed E-state index contributed by atoms with van der Waals surface area (Å²) < 4.78 is 21.5. The van der Waals surface area contributed by atoms with Crippen molar-refractivity contribution in [2.75, 3.05) is 58.9 Å². The average molecular weight is 895 g/mol. The maximum Gasteiger partial charge on any atom is 0.263 e. The van der Waals surface area contributed by atoms with Crippen LogP contribution in [0.3, 0.4) is 0 Å². The number of hydrogen-bond acceptors (Lipinski definition) is 8. The number of benzene rings is 5. The first-order valence-corrected chi connectivity index (χ1v) is 24.3. The number of aryl methyl sites for hydroxylation is 1. The summed E-state index contributed by atoms with van der Waals surface area (Å²) in [6.07, 6.45) is 4.68. The lowest BCUT2D eigenvalue weighted by molar-refractivity contribution is -0.132. The van der Waals surface area contributed by atoms with Gasteiger partial charge in [0.2, 0.25) is 5.91 Å². The average Bonchev–Trinajstić information content (AvgIpc) is 3.73. The molecule has 0 aliphatic carbocycles. The summed E-state index contributed by atoms with van der Waals surface area (Å²) in [5.41, 5.74) is 10.4. The standard InChI is InChI=1S/C52H62N6O6Si/c1-37-25-28-43(45(34-37)63-33-16-10-15-24-46(59)57-31-29-55(5)30-32-57)56(6)51(61)42-27-26-41(49(62-7)47(42)50(53)60)40-22-17-23-44-48(40)54-35-58(44)36-64-65(52(2,3)4,38-18-11-8-12-19-38)39-20-13-9-14-21-39/h8-9,11-14,17-23,25-28,34-35H,10,15-16,24,29-33,36H2,1-7H3,(H2,53,60). The van der Waals surface area contributed by atoms with E-state index in [1.807, 2.05) is 64.9 Å². The second-order valence-electron chi connectivity index (χ2n) is 17.9. The van der Waals surface area contributed by atoms with Gasteiger partial charge in [-0.2, -0.15) is 0 Å². The maximum atomic E-state index is 14.4. The van der Waals surface area contributed by atoms with E-state index in [0.29, 0.717) is 41.1 Å². The van der Waals surface area contributed by atoms with Gasteiger partial charge in [0.25, 0.3) is 20.1 Å². The van der Waals surface area contributed by atoms with Crippen LogP contribution in [0.25, 0.3) is 22.2 Å². The number of aromatic nitrogens is 2. The Hall–Kier alpha value is -6.28. The van der Waals surface area contributed by atoms with Gasteiger partial charge >= 0.3 is 0 Å². The first kappa shape index (κ1) is 46.7. The van der Waals surface area contributed by atoms with Crippen LogP contribution in [0.15, 0.2) is 116 Å². The van der Waals surface area contributed by atoms with E-state index >= 15 is 0 Å². The lowest BCUT2D eigenvalue weighted by Crippen LogP contribution is -2.66. The van der Waals surface area contributed by atoms with Crippen molar-refractivity contribution in [3.05, 3.63) is 132 Å². The number of fused-ring (bicyclic) bond motifs is 1. The van der Waals surface area contributed by atoms with Crippen molar-refractivity contribution in [3.63, 3.8) is 0 Å². The van der Waals surface area contributed by atoms with Crippen LogP contribution < -0.4 is 30.5 Å². The van der Waals surface area contributed by atoms with Gasteiger partial charge in [-0.05, 0) is 84.5 Å². The molecule has 0 bridgehead atoms. The molecule has 1 fully saturated rings. The number of carbonyl (C=O) groups excluding carboxylic acids is 3. The number of para-hydroxylation sites is 1. The second-order valence-corrected chi connectivity index (χ2v) is 22.2. The number of ether oxygens (including phenoxy) is 2. The monoisotopic (exact) mass is 894 g/mol. The van der Waals surface area contributed by atoms with Gasteiger partial charge in [-0.3, -0.25) is 14.4 Å². The van der Waals surface area contributed by atoms with E-state index in [4.69, 9.17) is 24.6 Å². The molecule has 6 aromatic rings. The van der Waals surface area contributed by atoms with Crippen LogP contribution in [0.4, 0.5) is 5.69 Å². The summed E-state index contributed by atoms with van der Waals surface area (Å²) in [6.45, 7) is 12.7. The molecule has 12 nitrogen and oxygen atoms in total. The van der Waals surface area contributed by atoms with Gasteiger partial charge in [-0.1, -0.05) is 99.6 Å². The number of rotatable bonds is 17. The van der Waals surface area contributed by atoms with Crippen molar-refractivity contribution in [3.8, 4) is 22.6 Å². The lowest BCUT2D eigenvalue weighted by Gasteiger charge is -2.43. The van der Waals surface area contributed by atoms with Crippen molar-refractivity contribution in [2.45, 2.75) is 65.1 Å². The Morgan fingerprint density at radius 1 is 0.815 bits per heavy atom. The largest absolute Gasteiger partial charge is 0.495 e. The zero-order chi connectivity index (χ0) is 46.3. The molecule has 7 rings (SSSR count). The lowest BCUT2D eigenvalue weighted by atomic mass is 9.95. The molecular weight excluding hydrogens is 833 g/mol. The third-order valence-electron chi connectivity index (χ3n) is 12.5. The van der Waals surface area contributed by atoms with Crippen LogP contribution in [0.1, 0.15) is 72.7 Å². The Morgan fingerprint density at radius 2 is 1.49 bits per heavy atom. The molecule has 340 valence electrons. The highest BCUT2D eigenvalue weighted by atomic mass is 28.4. The number of nitrogens with two attached hydrogens (primary N) is 1. The van der Waals surface area contributed by atoms with Crippen molar-refractivity contribution >= 4 is 53.1 Å². The van der Waals surface area contributed by atoms with E-state index in [0.717, 1.165) is 56.5 Å². The van der Waals surface area contributed by atoms with Crippen LogP contribution >= 0.6 is 0 Å². The van der Waals surface area contributed by atoms with Gasteiger partial charge in [0.05, 0.1) is 47.9 Å². The number of amides is 3. The molecule has 5 aromatic carbocycles. The van der Waals surface area contributed by atoms with E-state index in [-0.39, 0.29) is 34.6 Å². The highest BCUT2D eigenvalue weighted by molar-refractivity contribution is 6.99. The number of carbonyl (C=O) groups is 3. The third-order valence-corrected chi connectivity index (χ3v) is 17.5. The summed E-state index contributed by atoms with van der Waals surface area (Å²) >= 11 is 0. The summed E-state index contributed by atoms with van der Waals surface area (Å²) in [5.74, 6) is -0.333. The molecule has 0 saturated carbocycles. The fourth-order valence-corrected chi connectivity index (χ4v) is 13.5. The third kappa shape index (κ3) is 9.87. The summed E-state index contributed by atoms with van der Waals surface area (Å²) in [6, 6.07) is 35.9. The summed E-state index contributed by atoms with van der Waals surface area (Å²) in [5, 5.41) is 2.14. The zero-order valence-corrected chi connectivity index (χ0v) is 39.8. The predicted molar refractivity (Wildman–Crippen MR) is 261 cm³/mol. The molecule has 0 unspecified atom stereocenters. The van der Waals surface area contributed by atoms with Gasteiger partial charge in [0, 0.05) is 50.8 Å². The normalized spacial score (nSPS) is 13.5. The smallest absolute Gasteiger partial charge is 0.263 e. The van der Waals surface area contributed by atoms with Gasteiger partial charge in [-0.15, -0.1) is 0 Å². The van der Waals surface area contributed by atoms with Gasteiger partial charge in [0.15, 0.2) is 0 Å². The van der Waals surface area contributed by atoms with E-state index < -0.39 is 20.1 Å². The van der Waals surface area contributed by atoms with Crippen molar-refractivity contribution in [1.82, 2.24) is 19.4 Å². The molecule has 2 N–H and O–H groups in total. The summed E-state index contributed by atoms with van der Waals surface area (Å²) in [7, 11) is 2.33. The minimum absolute atomic E-state index is 0.0333. The van der Waals surface area contributed by atoms with Crippen molar-refractivity contribution in [1.29, 1.82) is 0 Å². The highest BCUT2D eigenvalue weighted by Crippen LogP contribution is 2.41. The van der Waals surface area contributed by atoms with E-state index in [2.05, 4.69) is 81.2 Å². The maximum absolute atomic E-state index is 14.4. The van der Waals surface area contributed by atoms with Crippen LogP contribution in [-0.2, 0) is 16.0 Å². The molecule has 2 heterocycles. The van der Waals surface area contributed by atoms with Crippen LogP contribution in [-0.4, -0.2) is 99.4 Å². The molecule has 1 aliphatic heterocycles. The molecule has 1 saturated heterocycles. The number of methoxy groups -OCH3 is 1. The van der Waals surface area contributed by atoms with E-state index in [1.165, 1.54) is 22.4 Å². The van der Waals surface area contributed by atoms with E-state index in [1.54, 1.807) is 25.5 Å². The quantitative estimate of drug-likeness (QED) is 0.0731. The first-order chi connectivity index (χ1) is 31.2. The molecular formula is C52H62N6O6Si. The van der Waals surface area contributed by atoms with Crippen LogP contribution in [0.2, 0.25) is 5.04 Å². The topological polar surface area (TPSA) is 132 Å². The van der Waals surface area contributed by atoms with Crippen LogP contribution in [0, 0.1) is 6.92 Å². The molecule has 1 aromatic heterocycles. The Morgan fingerprint density at radius 3 is 2.12 bits per heavy atom. The van der Waals surface area contributed by atoms with Gasteiger partial charge < -0.3 is 38.9 Å². The SMILES string of the molecule is COc1c(-c2cccc3c2ncn3CO[Si](c2ccccc2)(c2ccccc2)C(C)(C)C)ccc(C(=O)N(C)c2ccc(C)cc2OCCCCCC(=O)N2CCN(C)CC2)c1C(N)=O. The Bertz CT molecular complexity index is 2580. The number of likely N-dealkylation sites (N-methyl/N-ethyl adjacent to an activating group) is 1. The Kier molecular flexibility index (Phi) is 14.6. The molecule has 0 atom stereocenters. The number of imidazole rings is 1. The molecule has 65 heavy (non-hydrogen) atoms. The summed E-state index contributed by atoms with van der Waals surface area (Å²) in [4.78, 5) is 51.1. The first-order valence-electron chi connectivity index (χ1n) is 22.4. The molecule has 13 heteroatoms. The Balaban J connectivity index is 1.12. The second kappa shape index (κ2) is 20.3. The zero-order valence-electron chi connectivity index (χ0n) is 38.8. The molecule has 0 radical (unpaired) electrons. The minimum Gasteiger partial charge on any atom is -0.495 e. The van der Waals surface area contributed by atoms with E-state index in [9.17, 15) is 14.4 Å². The van der Waals surface area contributed by atoms with Gasteiger partial charge in [0.1, 0.15) is 18.2 Å². The van der Waals surface area contributed by atoms with Crippen molar-refractivity contribution < 1.29 is 28.3 Å². The molecule has 1 aliphatic rings. The number of hydrogen-bond donors (Lipinski definition) is 1. The minimum atomic E-state index is -2.86. The fraction of sp³-hybridized carbons (Fsp3) is 0.346. The number of unbranched alkanes of at least 4 members (excludes halogenated alkanes) is 2. The number of nitrogens with zero attached hydrogens (tertiary/aromatic N) is 5. The molecule has 3 amide bonds. The van der Waals surface area contributed by atoms with Crippen molar-refractivity contribution in [2.24, 2.45) is 5.73 Å².